The van der Waals surface area contributed by atoms with Crippen LogP contribution in [0.25, 0.3) is 0 Å². The number of hydrogen-bond donors (Lipinski definition) is 2. The summed E-state index contributed by atoms with van der Waals surface area (Å²) >= 11 is 0. The summed E-state index contributed by atoms with van der Waals surface area (Å²) in [6.45, 7) is 4.18. The molecule has 0 radical (unpaired) electrons. The van der Waals surface area contributed by atoms with Crippen molar-refractivity contribution in [2.75, 3.05) is 5.73 Å². The van der Waals surface area contributed by atoms with Gasteiger partial charge < -0.3 is 11.1 Å². The standard InChI is InChI=1S/C17H26N2O/c1-3-5-13-8-10-14(11-9-13)19-17(20)15-7-4-6-12(2)16(15)18/h4,6-7,13-14H,3,5,8-11,18H2,1-2H3,(H,19,20). The second kappa shape index (κ2) is 6.78. The van der Waals surface area contributed by atoms with Crippen LogP contribution in [0.4, 0.5) is 5.69 Å². The summed E-state index contributed by atoms with van der Waals surface area (Å²) in [6, 6.07) is 5.94. The molecule has 3 heteroatoms. The molecule has 20 heavy (non-hydrogen) atoms. The van der Waals surface area contributed by atoms with Gasteiger partial charge in [0.1, 0.15) is 0 Å². The normalized spacial score (nSPS) is 22.5. The number of nitrogen functional groups attached to an aromatic ring is 1. The molecule has 110 valence electrons. The highest BCUT2D eigenvalue weighted by Gasteiger charge is 2.22. The van der Waals surface area contributed by atoms with Crippen LogP contribution in [-0.4, -0.2) is 11.9 Å². The fourth-order valence-electron chi connectivity index (χ4n) is 3.15. The molecule has 1 amide bonds. The molecule has 0 bridgehead atoms. The third-order valence-electron chi connectivity index (χ3n) is 4.45. The van der Waals surface area contributed by atoms with Gasteiger partial charge in [-0.2, -0.15) is 0 Å². The molecule has 3 nitrogen and oxygen atoms in total. The zero-order valence-corrected chi connectivity index (χ0v) is 12.6. The van der Waals surface area contributed by atoms with Crippen molar-refractivity contribution in [1.29, 1.82) is 0 Å². The average molecular weight is 274 g/mol. The summed E-state index contributed by atoms with van der Waals surface area (Å²) in [5, 5.41) is 3.15. The van der Waals surface area contributed by atoms with Gasteiger partial charge in [-0.15, -0.1) is 0 Å². The molecule has 0 atom stereocenters. The predicted molar refractivity (Wildman–Crippen MR) is 83.7 cm³/mol. The number of carbonyl (C=O) groups excluding carboxylic acids is 1. The first-order valence-electron chi connectivity index (χ1n) is 7.77. The van der Waals surface area contributed by atoms with Crippen molar-refractivity contribution in [2.24, 2.45) is 5.92 Å². The van der Waals surface area contributed by atoms with Crippen LogP contribution in [0, 0.1) is 12.8 Å². The van der Waals surface area contributed by atoms with E-state index in [4.69, 9.17) is 5.73 Å². The molecule has 1 fully saturated rings. The molecular weight excluding hydrogens is 248 g/mol. The molecule has 1 aliphatic rings. The monoisotopic (exact) mass is 274 g/mol. The van der Waals surface area contributed by atoms with E-state index in [9.17, 15) is 4.79 Å². The molecule has 1 saturated carbocycles. The van der Waals surface area contributed by atoms with E-state index in [0.29, 0.717) is 17.3 Å². The van der Waals surface area contributed by atoms with Crippen molar-refractivity contribution in [2.45, 2.75) is 58.4 Å². The summed E-state index contributed by atoms with van der Waals surface area (Å²) < 4.78 is 0. The van der Waals surface area contributed by atoms with E-state index in [1.54, 1.807) is 6.07 Å². The number of benzene rings is 1. The lowest BCUT2D eigenvalue weighted by molar-refractivity contribution is 0.0922. The van der Waals surface area contributed by atoms with E-state index >= 15 is 0 Å². The Bertz CT molecular complexity index is 462. The van der Waals surface area contributed by atoms with E-state index in [1.807, 2.05) is 19.1 Å². The number of hydrogen-bond acceptors (Lipinski definition) is 2. The van der Waals surface area contributed by atoms with Gasteiger partial charge in [0, 0.05) is 11.7 Å². The summed E-state index contributed by atoms with van der Waals surface area (Å²) in [5.41, 5.74) is 8.17. The highest BCUT2D eigenvalue weighted by molar-refractivity contribution is 5.99. The van der Waals surface area contributed by atoms with E-state index in [-0.39, 0.29) is 5.91 Å². The molecule has 0 unspecified atom stereocenters. The summed E-state index contributed by atoms with van der Waals surface area (Å²) in [5.74, 6) is 0.835. The zero-order chi connectivity index (χ0) is 14.5. The Morgan fingerprint density at radius 1 is 1.30 bits per heavy atom. The first-order valence-corrected chi connectivity index (χ1v) is 7.77. The molecule has 0 aliphatic heterocycles. The SMILES string of the molecule is CCCC1CCC(NC(=O)c2cccc(C)c2N)CC1. The van der Waals surface area contributed by atoms with Crippen LogP contribution in [-0.2, 0) is 0 Å². The van der Waals surface area contributed by atoms with Crippen molar-refractivity contribution >= 4 is 11.6 Å². The first-order chi connectivity index (χ1) is 9.61. The predicted octanol–water partition coefficient (Wildman–Crippen LogP) is 3.67. The van der Waals surface area contributed by atoms with Crippen molar-refractivity contribution in [3.8, 4) is 0 Å². The third kappa shape index (κ3) is 3.53. The highest BCUT2D eigenvalue weighted by atomic mass is 16.1. The van der Waals surface area contributed by atoms with Crippen molar-refractivity contribution in [1.82, 2.24) is 5.32 Å². The second-order valence-corrected chi connectivity index (χ2v) is 6.02. The van der Waals surface area contributed by atoms with Gasteiger partial charge in [-0.25, -0.2) is 0 Å². The minimum Gasteiger partial charge on any atom is -0.398 e. The van der Waals surface area contributed by atoms with Gasteiger partial charge in [-0.3, -0.25) is 4.79 Å². The summed E-state index contributed by atoms with van der Waals surface area (Å²) in [7, 11) is 0. The topological polar surface area (TPSA) is 55.1 Å². The van der Waals surface area contributed by atoms with Gasteiger partial charge in [0.15, 0.2) is 0 Å². The van der Waals surface area contributed by atoms with E-state index in [2.05, 4.69) is 12.2 Å². The Labute approximate surface area is 121 Å². The quantitative estimate of drug-likeness (QED) is 0.823. The van der Waals surface area contributed by atoms with Gasteiger partial charge in [-0.1, -0.05) is 31.9 Å². The Kier molecular flexibility index (Phi) is 5.05. The lowest BCUT2D eigenvalue weighted by Gasteiger charge is -2.29. The largest absolute Gasteiger partial charge is 0.398 e. The molecule has 0 saturated heterocycles. The van der Waals surface area contributed by atoms with Crippen molar-refractivity contribution in [3.63, 3.8) is 0 Å². The maximum absolute atomic E-state index is 12.3. The van der Waals surface area contributed by atoms with E-state index in [0.717, 1.165) is 24.3 Å². The molecule has 3 N–H and O–H groups in total. The Morgan fingerprint density at radius 2 is 2.00 bits per heavy atom. The van der Waals surface area contributed by atoms with Gasteiger partial charge in [0.25, 0.3) is 5.91 Å². The van der Waals surface area contributed by atoms with Gasteiger partial charge >= 0.3 is 0 Å². The van der Waals surface area contributed by atoms with Crippen molar-refractivity contribution in [3.05, 3.63) is 29.3 Å². The summed E-state index contributed by atoms with van der Waals surface area (Å²) in [4.78, 5) is 12.3. The molecule has 0 heterocycles. The lowest BCUT2D eigenvalue weighted by Crippen LogP contribution is -2.38. The number of nitrogens with one attached hydrogen (secondary N) is 1. The maximum Gasteiger partial charge on any atom is 0.253 e. The Balaban J connectivity index is 1.91. The first kappa shape index (κ1) is 14.9. The molecular formula is C17H26N2O. The number of nitrogens with two attached hydrogens (primary N) is 1. The van der Waals surface area contributed by atoms with Gasteiger partial charge in [0.2, 0.25) is 0 Å². The molecule has 0 aromatic heterocycles. The molecule has 1 aromatic rings. The average Bonchev–Trinajstić information content (AvgIpc) is 2.44. The van der Waals surface area contributed by atoms with Crippen LogP contribution < -0.4 is 11.1 Å². The van der Waals surface area contributed by atoms with Crippen LogP contribution in [0.2, 0.25) is 0 Å². The fourth-order valence-corrected chi connectivity index (χ4v) is 3.15. The molecule has 1 aromatic carbocycles. The maximum atomic E-state index is 12.3. The minimum absolute atomic E-state index is 0.0230. The number of rotatable bonds is 4. The Morgan fingerprint density at radius 3 is 2.65 bits per heavy atom. The molecule has 0 spiro atoms. The molecule has 1 aliphatic carbocycles. The van der Waals surface area contributed by atoms with Crippen LogP contribution in [0.3, 0.4) is 0 Å². The van der Waals surface area contributed by atoms with Crippen LogP contribution in [0.15, 0.2) is 18.2 Å². The fraction of sp³-hybridized carbons (Fsp3) is 0.588. The van der Waals surface area contributed by atoms with Crippen LogP contribution >= 0.6 is 0 Å². The zero-order valence-electron chi connectivity index (χ0n) is 12.6. The lowest BCUT2D eigenvalue weighted by atomic mass is 9.83. The van der Waals surface area contributed by atoms with E-state index < -0.39 is 0 Å². The third-order valence-corrected chi connectivity index (χ3v) is 4.45. The van der Waals surface area contributed by atoms with Crippen LogP contribution in [0.5, 0.6) is 0 Å². The number of anilines is 1. The van der Waals surface area contributed by atoms with Crippen molar-refractivity contribution < 1.29 is 4.79 Å². The number of amides is 1. The van der Waals surface area contributed by atoms with Gasteiger partial charge in [-0.05, 0) is 50.2 Å². The number of para-hydroxylation sites is 1. The Hall–Kier alpha value is -1.51. The molecule has 2 rings (SSSR count). The second-order valence-electron chi connectivity index (χ2n) is 6.02. The number of aryl methyl sites for hydroxylation is 1. The van der Waals surface area contributed by atoms with Gasteiger partial charge in [0.05, 0.1) is 5.56 Å². The number of carbonyl (C=O) groups is 1. The highest BCUT2D eigenvalue weighted by Crippen LogP contribution is 2.28. The smallest absolute Gasteiger partial charge is 0.253 e. The summed E-state index contributed by atoms with van der Waals surface area (Å²) in [6.07, 6.45) is 7.27. The minimum atomic E-state index is -0.0230. The van der Waals surface area contributed by atoms with E-state index in [1.165, 1.54) is 25.7 Å². The van der Waals surface area contributed by atoms with Crippen LogP contribution in [0.1, 0.15) is 61.4 Å².